The Balaban J connectivity index is 1.88. The van der Waals surface area contributed by atoms with E-state index in [1.54, 1.807) is 16.6 Å². The molecule has 106 valence electrons. The maximum atomic E-state index is 11.7. The molecule has 2 aromatic rings. The Labute approximate surface area is 121 Å². The molecule has 3 heterocycles. The average Bonchev–Trinajstić information content (AvgIpc) is 2.89. The average molecular weight is 291 g/mol. The Kier molecular flexibility index (Phi) is 3.91. The van der Waals surface area contributed by atoms with Crippen molar-refractivity contribution < 1.29 is 9.53 Å². The zero-order valence-electron chi connectivity index (χ0n) is 11.4. The maximum Gasteiger partial charge on any atom is 0.341 e. The molecule has 3 rings (SSSR count). The van der Waals surface area contributed by atoms with Gasteiger partial charge >= 0.3 is 5.97 Å². The fraction of sp³-hybridized carbons (Fsp3) is 0.500. The summed E-state index contributed by atoms with van der Waals surface area (Å²) in [5.41, 5.74) is 1.05. The highest BCUT2D eigenvalue weighted by molar-refractivity contribution is 7.99. The van der Waals surface area contributed by atoms with E-state index in [0.717, 1.165) is 12.2 Å². The van der Waals surface area contributed by atoms with Crippen LogP contribution in [-0.2, 0) is 11.2 Å². The molecule has 20 heavy (non-hydrogen) atoms. The molecule has 1 aliphatic rings. The smallest absolute Gasteiger partial charge is 0.341 e. The van der Waals surface area contributed by atoms with Gasteiger partial charge in [-0.3, -0.25) is 0 Å². The molecule has 1 fully saturated rings. The Hall–Kier alpha value is -1.56. The molecule has 0 amide bonds. The standard InChI is InChI=1S/C14H17N3O2S/c1-19-14(18)11-3-2-6-17-13(11)15-12(16-17)9-10-4-7-20-8-5-10/h2-3,6,10H,4-5,7-9H2,1H3. The lowest BCUT2D eigenvalue weighted by molar-refractivity contribution is 0.0602. The minimum Gasteiger partial charge on any atom is -0.465 e. The van der Waals surface area contributed by atoms with E-state index in [1.165, 1.54) is 31.5 Å². The molecule has 1 aliphatic heterocycles. The first-order chi connectivity index (χ1) is 9.78. The number of thioether (sulfide) groups is 1. The number of carbonyl (C=O) groups excluding carboxylic acids is 1. The summed E-state index contributed by atoms with van der Waals surface area (Å²) in [5.74, 6) is 3.56. The van der Waals surface area contributed by atoms with E-state index >= 15 is 0 Å². The van der Waals surface area contributed by atoms with Crippen LogP contribution >= 0.6 is 11.8 Å². The van der Waals surface area contributed by atoms with Crippen LogP contribution in [0.4, 0.5) is 0 Å². The van der Waals surface area contributed by atoms with Crippen LogP contribution in [-0.4, -0.2) is 39.2 Å². The van der Waals surface area contributed by atoms with E-state index in [4.69, 9.17) is 4.74 Å². The molecule has 0 aromatic carbocycles. The summed E-state index contributed by atoms with van der Waals surface area (Å²) in [7, 11) is 1.38. The molecule has 0 aliphatic carbocycles. The topological polar surface area (TPSA) is 56.5 Å². The molecule has 6 heteroatoms. The highest BCUT2D eigenvalue weighted by atomic mass is 32.2. The maximum absolute atomic E-state index is 11.7. The number of fused-ring (bicyclic) bond motifs is 1. The predicted octanol–water partition coefficient (Wildman–Crippen LogP) is 2.20. The van der Waals surface area contributed by atoms with E-state index in [0.29, 0.717) is 17.1 Å². The first-order valence-electron chi connectivity index (χ1n) is 6.78. The minimum atomic E-state index is -0.372. The van der Waals surface area contributed by atoms with Crippen LogP contribution in [0.3, 0.4) is 0 Å². The number of methoxy groups -OCH3 is 1. The van der Waals surface area contributed by atoms with Gasteiger partial charge in [-0.2, -0.15) is 16.9 Å². The van der Waals surface area contributed by atoms with Gasteiger partial charge in [-0.1, -0.05) is 0 Å². The van der Waals surface area contributed by atoms with Crippen molar-refractivity contribution in [2.45, 2.75) is 19.3 Å². The van der Waals surface area contributed by atoms with E-state index in [-0.39, 0.29) is 5.97 Å². The Morgan fingerprint density at radius 2 is 2.30 bits per heavy atom. The van der Waals surface area contributed by atoms with Gasteiger partial charge < -0.3 is 4.74 Å². The third-order valence-electron chi connectivity index (χ3n) is 3.62. The van der Waals surface area contributed by atoms with Crippen molar-refractivity contribution in [2.24, 2.45) is 5.92 Å². The van der Waals surface area contributed by atoms with Crippen LogP contribution < -0.4 is 0 Å². The normalized spacial score (nSPS) is 16.4. The zero-order chi connectivity index (χ0) is 13.9. The van der Waals surface area contributed by atoms with E-state index < -0.39 is 0 Å². The molecular formula is C14H17N3O2S. The van der Waals surface area contributed by atoms with Crippen LogP contribution in [0.5, 0.6) is 0 Å². The summed E-state index contributed by atoms with van der Waals surface area (Å²) >= 11 is 2.02. The Morgan fingerprint density at radius 3 is 3.05 bits per heavy atom. The Morgan fingerprint density at radius 1 is 1.50 bits per heavy atom. The number of aromatic nitrogens is 3. The first-order valence-corrected chi connectivity index (χ1v) is 7.93. The molecular weight excluding hydrogens is 274 g/mol. The molecule has 0 N–H and O–H groups in total. The lowest BCUT2D eigenvalue weighted by Gasteiger charge is -2.19. The van der Waals surface area contributed by atoms with Gasteiger partial charge in [0.2, 0.25) is 0 Å². The van der Waals surface area contributed by atoms with Crippen LogP contribution in [0.25, 0.3) is 5.65 Å². The van der Waals surface area contributed by atoms with Gasteiger partial charge in [0.25, 0.3) is 0 Å². The number of carbonyl (C=O) groups is 1. The first kappa shape index (κ1) is 13.4. The fourth-order valence-electron chi connectivity index (χ4n) is 2.51. The van der Waals surface area contributed by atoms with Gasteiger partial charge in [0, 0.05) is 12.6 Å². The van der Waals surface area contributed by atoms with Gasteiger partial charge in [0.15, 0.2) is 11.5 Å². The summed E-state index contributed by atoms with van der Waals surface area (Å²) < 4.78 is 6.45. The van der Waals surface area contributed by atoms with Crippen LogP contribution in [0, 0.1) is 5.92 Å². The van der Waals surface area contributed by atoms with Crippen molar-refractivity contribution in [1.29, 1.82) is 0 Å². The van der Waals surface area contributed by atoms with Crippen LogP contribution in [0.15, 0.2) is 18.3 Å². The number of pyridine rings is 1. The second-order valence-corrected chi connectivity index (χ2v) is 6.19. The lowest BCUT2D eigenvalue weighted by Crippen LogP contribution is -2.13. The molecule has 0 unspecified atom stereocenters. The number of hydrogen-bond acceptors (Lipinski definition) is 5. The fourth-order valence-corrected chi connectivity index (χ4v) is 3.72. The van der Waals surface area contributed by atoms with E-state index in [2.05, 4.69) is 10.1 Å². The largest absolute Gasteiger partial charge is 0.465 e. The minimum absolute atomic E-state index is 0.372. The molecule has 2 aromatic heterocycles. The molecule has 0 radical (unpaired) electrons. The lowest BCUT2D eigenvalue weighted by atomic mass is 9.99. The third-order valence-corrected chi connectivity index (χ3v) is 4.67. The van der Waals surface area contributed by atoms with Crippen LogP contribution in [0.1, 0.15) is 29.0 Å². The number of rotatable bonds is 3. The van der Waals surface area contributed by atoms with Gasteiger partial charge in [-0.15, -0.1) is 0 Å². The zero-order valence-corrected chi connectivity index (χ0v) is 12.2. The summed E-state index contributed by atoms with van der Waals surface area (Å²) in [6.45, 7) is 0. The summed E-state index contributed by atoms with van der Waals surface area (Å²) in [4.78, 5) is 16.2. The van der Waals surface area contributed by atoms with Crippen LogP contribution in [0.2, 0.25) is 0 Å². The number of hydrogen-bond donors (Lipinski definition) is 0. The van der Waals surface area contributed by atoms with E-state index in [1.807, 2.05) is 18.0 Å². The number of nitrogens with zero attached hydrogens (tertiary/aromatic N) is 3. The molecule has 1 saturated heterocycles. The predicted molar refractivity (Wildman–Crippen MR) is 78.1 cm³/mol. The monoisotopic (exact) mass is 291 g/mol. The molecule has 0 atom stereocenters. The second kappa shape index (κ2) is 5.83. The highest BCUT2D eigenvalue weighted by Gasteiger charge is 2.19. The van der Waals surface area contributed by atoms with Gasteiger partial charge in [-0.25, -0.2) is 14.3 Å². The molecule has 0 bridgehead atoms. The van der Waals surface area contributed by atoms with Crippen molar-refractivity contribution in [1.82, 2.24) is 14.6 Å². The van der Waals surface area contributed by atoms with Crippen molar-refractivity contribution in [3.05, 3.63) is 29.7 Å². The van der Waals surface area contributed by atoms with Crippen molar-refractivity contribution >= 4 is 23.4 Å². The summed E-state index contributed by atoms with van der Waals surface area (Å²) in [6.07, 6.45) is 5.16. The van der Waals surface area contributed by atoms with Gasteiger partial charge in [-0.05, 0) is 42.4 Å². The van der Waals surface area contributed by atoms with Crippen molar-refractivity contribution in [3.8, 4) is 0 Å². The Bertz CT molecular complexity index is 620. The summed E-state index contributed by atoms with van der Waals surface area (Å²) in [5, 5.41) is 4.48. The quantitative estimate of drug-likeness (QED) is 0.811. The van der Waals surface area contributed by atoms with Gasteiger partial charge in [0.05, 0.1) is 7.11 Å². The highest BCUT2D eigenvalue weighted by Crippen LogP contribution is 2.25. The molecule has 0 spiro atoms. The summed E-state index contributed by atoms with van der Waals surface area (Å²) in [6, 6.07) is 3.51. The van der Waals surface area contributed by atoms with Gasteiger partial charge in [0.1, 0.15) is 5.56 Å². The van der Waals surface area contributed by atoms with Crippen molar-refractivity contribution in [3.63, 3.8) is 0 Å². The SMILES string of the molecule is COC(=O)c1cccn2nc(CC3CCSCC3)nc12. The number of esters is 1. The third kappa shape index (κ3) is 2.65. The molecule has 5 nitrogen and oxygen atoms in total. The van der Waals surface area contributed by atoms with Crippen molar-refractivity contribution in [2.75, 3.05) is 18.6 Å². The number of ether oxygens (including phenoxy) is 1. The van der Waals surface area contributed by atoms with E-state index in [9.17, 15) is 4.79 Å². The second-order valence-electron chi connectivity index (χ2n) is 4.97. The molecule has 0 saturated carbocycles.